The number of hydrogen-bond donors (Lipinski definition) is 4. The third kappa shape index (κ3) is 89.7. The molecule has 4 N–H and O–H groups in total. The van der Waals surface area contributed by atoms with Gasteiger partial charge in [-0.2, -0.15) is 0 Å². The van der Waals surface area contributed by atoms with Crippen LogP contribution < -0.4 is 0 Å². The molecule has 0 aromatic heterocycles. The molecule has 12 heavy (non-hydrogen) atoms. The van der Waals surface area contributed by atoms with Gasteiger partial charge in [0.15, 0.2) is 0 Å². The standard InChI is InChI=1S/Ca.La.Mg.Mn.Na.H4O4Si.Sr.Zn.7H/c;;;;;1-5(2,3)4;;;;;;;;;/h;;;;;1-4H;;;;;;;;;. The summed E-state index contributed by atoms with van der Waals surface area (Å²) in [7, 11) is -4.61. The monoisotopic (exact) mass is 536 g/mol. The summed E-state index contributed by atoms with van der Waals surface area (Å²) in [5.41, 5.74) is 0. The second kappa shape index (κ2) is 30.7. The maximum atomic E-state index is 7.33. The Morgan fingerprint density at radius 1 is 0.917 bits per heavy atom. The smallest absolute Gasteiger partial charge is 0 e. The molecule has 0 bridgehead atoms. The van der Waals surface area contributed by atoms with Crippen LogP contribution in [0.15, 0.2) is 0 Å². The fourth-order valence-corrected chi connectivity index (χ4v) is 0. The zero-order valence-corrected chi connectivity index (χ0v) is 12.7. The predicted octanol–water partition coefficient (Wildman–Crippen LogP) is -6.01. The van der Waals surface area contributed by atoms with E-state index < -0.39 is 9.05 Å². The van der Waals surface area contributed by atoms with Crippen LogP contribution in [0.25, 0.3) is 0 Å². The average Bonchev–Trinajstić information content (AvgIpc) is 0.722. The molecule has 0 aliphatic rings. The van der Waals surface area contributed by atoms with Crippen LogP contribution in [0, 0.1) is 35.6 Å². The van der Waals surface area contributed by atoms with Crippen LogP contribution in [0.5, 0.6) is 0 Å². The molecule has 0 saturated carbocycles. The van der Waals surface area contributed by atoms with Crippen molar-refractivity contribution in [1.29, 1.82) is 0 Å². The van der Waals surface area contributed by atoms with E-state index in [9.17, 15) is 0 Å². The van der Waals surface area contributed by atoms with Crippen LogP contribution in [-0.4, -0.2) is 164 Å². The van der Waals surface area contributed by atoms with Crippen molar-refractivity contribution in [2.45, 2.75) is 0 Å². The zero-order chi connectivity index (χ0) is 4.50. The molecule has 0 heterocycles. The first-order valence-electron chi connectivity index (χ1n) is 0.894. The minimum atomic E-state index is -4.61. The van der Waals surface area contributed by atoms with Crippen LogP contribution in [0.2, 0.25) is 0 Å². The van der Waals surface area contributed by atoms with Crippen LogP contribution in [0.3, 0.4) is 0 Å². The largest absolute Gasteiger partial charge is 0 e. The Balaban J connectivity index is -0.00000000381. The van der Waals surface area contributed by atoms with Crippen molar-refractivity contribution in [2.75, 3.05) is 0 Å². The Labute approximate surface area is 229 Å². The Morgan fingerprint density at radius 3 is 0.917 bits per heavy atom. The Bertz CT molecular complexity index is 50.5. The van der Waals surface area contributed by atoms with Crippen molar-refractivity contribution in [2.24, 2.45) is 0 Å². The molecule has 0 spiro atoms. The second-order valence-corrected chi connectivity index (χ2v) is 1.80. The van der Waals surface area contributed by atoms with Crippen molar-refractivity contribution in [3.8, 4) is 0 Å². The molecule has 58 valence electrons. The van der Waals surface area contributed by atoms with E-state index in [4.69, 9.17) is 19.2 Å². The first-order valence-corrected chi connectivity index (χ1v) is 2.68. The van der Waals surface area contributed by atoms with Crippen LogP contribution >= 0.6 is 0 Å². The van der Waals surface area contributed by atoms with Gasteiger partial charge in [-0.3, -0.25) is 0 Å². The molecule has 4 nitrogen and oxygen atoms in total. The molecule has 0 amide bonds. The van der Waals surface area contributed by atoms with Crippen LogP contribution in [0.4, 0.5) is 0 Å². The molecular formula is H11CaLaMgMnNaO4SiSrZn. The van der Waals surface area contributed by atoms with Crippen molar-refractivity contribution >= 4 is 145 Å². The van der Waals surface area contributed by atoms with Gasteiger partial charge in [-0.25, -0.2) is 0 Å². The van der Waals surface area contributed by atoms with E-state index >= 15 is 0 Å². The van der Waals surface area contributed by atoms with Crippen LogP contribution in [0.1, 0.15) is 0 Å². The first-order chi connectivity index (χ1) is 2.00. The van der Waals surface area contributed by atoms with E-state index in [2.05, 4.69) is 0 Å². The molecule has 0 fully saturated rings. The predicted molar refractivity (Wildman–Crippen MR) is 47.4 cm³/mol. The summed E-state index contributed by atoms with van der Waals surface area (Å²) in [6, 6.07) is 0. The SMILES string of the molecule is O[Si](O)(O)O.[CaH2].[La].[MgH2].[Mn].[NaH].[SrH2].[Zn]. The molecule has 0 saturated heterocycles. The van der Waals surface area contributed by atoms with Gasteiger partial charge in [0.05, 0.1) is 0 Å². The third-order valence-electron chi connectivity index (χ3n) is 0. The Hall–Kier alpha value is 6.90. The summed E-state index contributed by atoms with van der Waals surface area (Å²) in [5.74, 6) is 0. The molecule has 2 radical (unpaired) electrons. The fourth-order valence-electron chi connectivity index (χ4n) is 0. The van der Waals surface area contributed by atoms with Gasteiger partial charge in [-0.15, -0.1) is 0 Å². The van der Waals surface area contributed by atoms with Gasteiger partial charge in [0.25, 0.3) is 0 Å². The van der Waals surface area contributed by atoms with Crippen molar-refractivity contribution in [1.82, 2.24) is 0 Å². The van der Waals surface area contributed by atoms with Gasteiger partial charge < -0.3 is 19.2 Å². The molecule has 0 aliphatic heterocycles. The van der Waals surface area contributed by atoms with Crippen LogP contribution in [-0.2, 0) is 36.5 Å². The maximum absolute atomic E-state index is 7.33. The van der Waals surface area contributed by atoms with Gasteiger partial charge in [-0.05, 0) is 0 Å². The molecule has 0 atom stereocenters. The molecular weight excluding hydrogens is 526 g/mol. The van der Waals surface area contributed by atoms with E-state index in [0.717, 1.165) is 0 Å². The minimum Gasteiger partial charge on any atom is 0 e. The molecule has 12 heteroatoms. The van der Waals surface area contributed by atoms with E-state index in [1.165, 1.54) is 0 Å². The summed E-state index contributed by atoms with van der Waals surface area (Å²) in [5, 5.41) is 0. The topological polar surface area (TPSA) is 80.9 Å². The van der Waals surface area contributed by atoms with Gasteiger partial charge in [0.1, 0.15) is 0 Å². The summed E-state index contributed by atoms with van der Waals surface area (Å²) >= 11 is 0. The summed E-state index contributed by atoms with van der Waals surface area (Å²) in [4.78, 5) is 29.3. The second-order valence-electron chi connectivity index (χ2n) is 0.600. The quantitative estimate of drug-likeness (QED) is 0.232. The summed E-state index contributed by atoms with van der Waals surface area (Å²) in [6.45, 7) is 0. The van der Waals surface area contributed by atoms with E-state index in [1.54, 1.807) is 0 Å². The van der Waals surface area contributed by atoms with Gasteiger partial charge in [0.2, 0.25) is 0 Å². The Kier molecular flexibility index (Phi) is 130. The van der Waals surface area contributed by atoms with Crippen molar-refractivity contribution in [3.63, 3.8) is 0 Å². The van der Waals surface area contributed by atoms with Gasteiger partial charge in [0, 0.05) is 72.1 Å². The number of hydrogen-bond acceptors (Lipinski definition) is 4. The molecule has 0 aromatic carbocycles. The molecule has 0 rings (SSSR count). The van der Waals surface area contributed by atoms with Crippen molar-refractivity contribution < 1.29 is 91.3 Å². The molecule has 0 unspecified atom stereocenters. The van der Waals surface area contributed by atoms with Gasteiger partial charge in [-0.1, -0.05) is 0 Å². The molecule has 0 aromatic rings. The fraction of sp³-hybridized carbons (Fsp3) is 0. The summed E-state index contributed by atoms with van der Waals surface area (Å²) < 4.78 is 0. The first kappa shape index (κ1) is 51.0. The normalized spacial score (nSPS) is 5.00. The summed E-state index contributed by atoms with van der Waals surface area (Å²) in [6.07, 6.45) is 0. The average molecular weight is 537 g/mol. The maximum Gasteiger partial charge on any atom is 0 e. The van der Waals surface area contributed by atoms with E-state index in [0.29, 0.717) is 0 Å². The zero-order valence-electron chi connectivity index (χ0n) is 3.95. The minimum absolute atomic E-state index is 0. The van der Waals surface area contributed by atoms with Crippen molar-refractivity contribution in [3.05, 3.63) is 0 Å². The number of rotatable bonds is 0. The third-order valence-corrected chi connectivity index (χ3v) is 0. The van der Waals surface area contributed by atoms with E-state index in [-0.39, 0.29) is 208 Å². The molecule has 0 aliphatic carbocycles. The van der Waals surface area contributed by atoms with Gasteiger partial charge >= 0.3 is 145 Å². The Morgan fingerprint density at radius 2 is 0.917 bits per heavy atom. The van der Waals surface area contributed by atoms with E-state index in [1.807, 2.05) is 0 Å².